The van der Waals surface area contributed by atoms with Crippen molar-refractivity contribution in [3.8, 4) is 0 Å². The molecule has 1 rings (SSSR count). The van der Waals surface area contributed by atoms with Crippen LogP contribution in [0.5, 0.6) is 0 Å². The summed E-state index contributed by atoms with van der Waals surface area (Å²) in [7, 11) is 3.38. The number of aromatic nitrogens is 1. The summed E-state index contributed by atoms with van der Waals surface area (Å²) in [4.78, 5) is 46.2. The maximum atomic E-state index is 11.9. The van der Waals surface area contributed by atoms with Gasteiger partial charge < -0.3 is 18.8 Å². The van der Waals surface area contributed by atoms with Gasteiger partial charge in [0.15, 0.2) is 0 Å². The summed E-state index contributed by atoms with van der Waals surface area (Å²) in [6, 6.07) is 0. The highest BCUT2D eigenvalue weighted by atomic mass is 16.5. The first-order valence-electron chi connectivity index (χ1n) is 5.42. The van der Waals surface area contributed by atoms with Crippen LogP contribution in [0.4, 0.5) is 0 Å². The third kappa shape index (κ3) is 3.22. The number of carbonyl (C=O) groups is 3. The maximum absolute atomic E-state index is 11.9. The summed E-state index contributed by atoms with van der Waals surface area (Å²) >= 11 is 0. The molecule has 8 nitrogen and oxygen atoms in total. The Morgan fingerprint density at radius 2 is 1.40 bits per heavy atom. The predicted molar refractivity (Wildman–Crippen MR) is 65.4 cm³/mol. The molecule has 8 heteroatoms. The molecule has 0 atom stereocenters. The van der Waals surface area contributed by atoms with Crippen molar-refractivity contribution < 1.29 is 28.6 Å². The van der Waals surface area contributed by atoms with E-state index in [1.54, 1.807) is 0 Å². The van der Waals surface area contributed by atoms with Gasteiger partial charge >= 0.3 is 17.9 Å². The number of nitrogens with zero attached hydrogens (tertiary/aromatic N) is 1. The van der Waals surface area contributed by atoms with Crippen LogP contribution in [0.1, 0.15) is 20.7 Å². The zero-order valence-corrected chi connectivity index (χ0v) is 11.2. The van der Waals surface area contributed by atoms with Crippen LogP contribution in [-0.2, 0) is 25.5 Å². The maximum Gasteiger partial charge on any atom is 0.343 e. The highest BCUT2D eigenvalue weighted by Crippen LogP contribution is 2.02. The Labute approximate surface area is 113 Å². The number of hydrogen-bond donors (Lipinski definition) is 0. The number of hydrogen-bond acceptors (Lipinski definition) is 7. The highest BCUT2D eigenvalue weighted by Gasteiger charge is 2.20. The van der Waals surface area contributed by atoms with Gasteiger partial charge in [0.1, 0.15) is 17.7 Å². The minimum absolute atomic E-state index is 0.273. The average Bonchev–Trinajstić information content (AvgIpc) is 2.46. The molecule has 0 aliphatic rings. The van der Waals surface area contributed by atoms with E-state index in [-0.39, 0.29) is 17.7 Å². The van der Waals surface area contributed by atoms with Crippen LogP contribution in [0.2, 0.25) is 0 Å². The molecule has 108 valence electrons. The molecule has 0 saturated carbocycles. The van der Waals surface area contributed by atoms with Crippen LogP contribution in [0.15, 0.2) is 17.2 Å². The fourth-order valence-corrected chi connectivity index (χ4v) is 1.45. The Bertz CT molecular complexity index is 562. The van der Waals surface area contributed by atoms with Gasteiger partial charge in [0, 0.05) is 12.4 Å². The lowest BCUT2D eigenvalue weighted by atomic mass is 10.2. The van der Waals surface area contributed by atoms with Crippen LogP contribution < -0.4 is 5.43 Å². The number of rotatable bonds is 4. The van der Waals surface area contributed by atoms with Gasteiger partial charge in [-0.25, -0.2) is 9.59 Å². The molecule has 0 fully saturated rings. The Hall–Kier alpha value is -2.64. The van der Waals surface area contributed by atoms with Crippen molar-refractivity contribution in [3.05, 3.63) is 33.7 Å². The molecule has 0 aromatic carbocycles. The van der Waals surface area contributed by atoms with Crippen LogP contribution in [0.25, 0.3) is 0 Å². The molecule has 0 aliphatic carbocycles. The van der Waals surface area contributed by atoms with Crippen molar-refractivity contribution in [2.75, 3.05) is 21.3 Å². The summed E-state index contributed by atoms with van der Waals surface area (Å²) in [6.45, 7) is -0.273. The summed E-state index contributed by atoms with van der Waals surface area (Å²) in [5.41, 5.74) is -1.58. The summed E-state index contributed by atoms with van der Waals surface area (Å²) in [6.07, 6.45) is 2.22. The number of ether oxygens (including phenoxy) is 3. The Kier molecular flexibility index (Phi) is 5.01. The Morgan fingerprint density at radius 1 is 0.950 bits per heavy atom. The van der Waals surface area contributed by atoms with Gasteiger partial charge in [-0.1, -0.05) is 0 Å². The van der Waals surface area contributed by atoms with E-state index in [0.29, 0.717) is 0 Å². The molecule has 0 bridgehead atoms. The van der Waals surface area contributed by atoms with Crippen LogP contribution in [0, 0.1) is 0 Å². The van der Waals surface area contributed by atoms with Gasteiger partial charge in [0.05, 0.1) is 21.3 Å². The molecular formula is C12H13NO7. The zero-order chi connectivity index (χ0) is 15.3. The fourth-order valence-electron chi connectivity index (χ4n) is 1.45. The normalized spacial score (nSPS) is 9.75. The van der Waals surface area contributed by atoms with E-state index in [1.807, 2.05) is 0 Å². The molecule has 0 N–H and O–H groups in total. The first kappa shape index (κ1) is 15.4. The lowest BCUT2D eigenvalue weighted by Crippen LogP contribution is -2.27. The highest BCUT2D eigenvalue weighted by molar-refractivity contribution is 5.94. The van der Waals surface area contributed by atoms with Crippen LogP contribution in [0.3, 0.4) is 0 Å². The van der Waals surface area contributed by atoms with E-state index in [1.165, 1.54) is 11.7 Å². The number of methoxy groups -OCH3 is 3. The average molecular weight is 283 g/mol. The molecule has 1 aromatic rings. The van der Waals surface area contributed by atoms with E-state index in [2.05, 4.69) is 14.2 Å². The van der Waals surface area contributed by atoms with Gasteiger partial charge in [0.2, 0.25) is 5.43 Å². The quantitative estimate of drug-likeness (QED) is 0.547. The van der Waals surface area contributed by atoms with Crippen molar-refractivity contribution in [1.29, 1.82) is 0 Å². The molecule has 0 radical (unpaired) electrons. The van der Waals surface area contributed by atoms with E-state index >= 15 is 0 Å². The van der Waals surface area contributed by atoms with E-state index in [4.69, 9.17) is 0 Å². The Morgan fingerprint density at radius 3 is 1.75 bits per heavy atom. The Balaban J connectivity index is 3.41. The van der Waals surface area contributed by atoms with Gasteiger partial charge in [0.25, 0.3) is 0 Å². The molecular weight excluding hydrogens is 270 g/mol. The molecule has 20 heavy (non-hydrogen) atoms. The number of carbonyl (C=O) groups excluding carboxylic acids is 3. The molecule has 1 aromatic heterocycles. The largest absolute Gasteiger partial charge is 0.468 e. The third-order valence-corrected chi connectivity index (χ3v) is 2.43. The lowest BCUT2D eigenvalue weighted by Gasteiger charge is -2.09. The van der Waals surface area contributed by atoms with Gasteiger partial charge in [-0.3, -0.25) is 9.59 Å². The van der Waals surface area contributed by atoms with E-state index in [0.717, 1.165) is 26.6 Å². The smallest absolute Gasteiger partial charge is 0.343 e. The van der Waals surface area contributed by atoms with E-state index in [9.17, 15) is 19.2 Å². The van der Waals surface area contributed by atoms with Crippen molar-refractivity contribution in [2.24, 2.45) is 0 Å². The van der Waals surface area contributed by atoms with Crippen molar-refractivity contribution in [2.45, 2.75) is 6.54 Å². The molecule has 0 aliphatic heterocycles. The second kappa shape index (κ2) is 6.50. The SMILES string of the molecule is COC(=O)Cn1cc(C(=O)OC)c(=O)c(C(=O)OC)c1. The number of pyridine rings is 1. The van der Waals surface area contributed by atoms with Crippen molar-refractivity contribution in [3.63, 3.8) is 0 Å². The second-order valence-corrected chi connectivity index (χ2v) is 3.65. The van der Waals surface area contributed by atoms with Crippen LogP contribution in [-0.4, -0.2) is 43.8 Å². The van der Waals surface area contributed by atoms with Crippen molar-refractivity contribution >= 4 is 17.9 Å². The predicted octanol–water partition coefficient (Wildman–Crippen LogP) is -0.405. The summed E-state index contributed by atoms with van der Waals surface area (Å²) < 4.78 is 14.5. The molecule has 0 spiro atoms. The third-order valence-electron chi connectivity index (χ3n) is 2.43. The molecule has 1 heterocycles. The monoisotopic (exact) mass is 283 g/mol. The minimum Gasteiger partial charge on any atom is -0.468 e. The lowest BCUT2D eigenvalue weighted by molar-refractivity contribution is -0.141. The minimum atomic E-state index is -0.917. The first-order valence-corrected chi connectivity index (χ1v) is 5.42. The molecule has 0 amide bonds. The topological polar surface area (TPSA) is 101 Å². The van der Waals surface area contributed by atoms with E-state index < -0.39 is 23.3 Å². The van der Waals surface area contributed by atoms with Gasteiger partial charge in [-0.2, -0.15) is 0 Å². The second-order valence-electron chi connectivity index (χ2n) is 3.65. The number of esters is 3. The first-order chi connectivity index (χ1) is 9.44. The van der Waals surface area contributed by atoms with Crippen LogP contribution >= 0.6 is 0 Å². The zero-order valence-electron chi connectivity index (χ0n) is 11.2. The van der Waals surface area contributed by atoms with Crippen molar-refractivity contribution in [1.82, 2.24) is 4.57 Å². The molecule has 0 saturated heterocycles. The standard InChI is InChI=1S/C12H13NO7/c1-18-9(14)6-13-4-7(11(16)19-2)10(15)8(5-13)12(17)20-3/h4-5H,6H2,1-3H3. The fraction of sp³-hybridized carbons (Fsp3) is 0.333. The molecule has 0 unspecified atom stereocenters. The summed E-state index contributed by atoms with van der Waals surface area (Å²) in [5.74, 6) is -2.45. The van der Waals surface area contributed by atoms with Gasteiger partial charge in [-0.15, -0.1) is 0 Å². The van der Waals surface area contributed by atoms with Gasteiger partial charge in [-0.05, 0) is 0 Å². The summed E-state index contributed by atoms with van der Waals surface area (Å²) in [5, 5.41) is 0.